The number of benzene rings is 8. The van der Waals surface area contributed by atoms with Gasteiger partial charge < -0.3 is 0 Å². The summed E-state index contributed by atoms with van der Waals surface area (Å²) in [7, 11) is 0. The first kappa shape index (κ1) is 30.1. The van der Waals surface area contributed by atoms with Crippen LogP contribution in [0.5, 0.6) is 0 Å². The van der Waals surface area contributed by atoms with E-state index in [4.69, 9.17) is 0 Å². The van der Waals surface area contributed by atoms with Gasteiger partial charge in [-0.25, -0.2) is 0 Å². The van der Waals surface area contributed by atoms with E-state index in [1.807, 2.05) is 34.0 Å². The predicted octanol–water partition coefficient (Wildman–Crippen LogP) is 15.9. The average Bonchev–Trinajstić information content (AvgIpc) is 3.86. The molecule has 244 valence electrons. The number of aryl methyl sites for hydroxylation is 1. The largest absolute Gasteiger partial charge is 0.140 e. The van der Waals surface area contributed by atoms with Crippen LogP contribution >= 0.6 is 34.0 Å². The van der Waals surface area contributed by atoms with E-state index in [9.17, 15) is 0 Å². The lowest BCUT2D eigenvalue weighted by Crippen LogP contribution is -1.90. The van der Waals surface area contributed by atoms with Crippen molar-refractivity contribution in [3.05, 3.63) is 163 Å². The summed E-state index contributed by atoms with van der Waals surface area (Å²) in [4.78, 5) is 1.35. The summed E-state index contributed by atoms with van der Waals surface area (Å²) in [6.07, 6.45) is 2.07. The molecular weight excluding hydrogens is 685 g/mol. The van der Waals surface area contributed by atoms with Crippen molar-refractivity contribution in [3.63, 3.8) is 0 Å². The van der Waals surface area contributed by atoms with Crippen LogP contribution in [0.1, 0.15) is 10.4 Å². The molecule has 0 nitrogen and oxygen atoms in total. The van der Waals surface area contributed by atoms with Crippen molar-refractivity contribution < 1.29 is 0 Å². The summed E-state index contributed by atoms with van der Waals surface area (Å²) in [5, 5.41) is 11.7. The fourth-order valence-corrected chi connectivity index (χ4v) is 12.0. The summed E-state index contributed by atoms with van der Waals surface area (Å²) in [6.45, 7) is 6.58. The highest BCUT2D eigenvalue weighted by Crippen LogP contribution is 2.48. The van der Waals surface area contributed by atoms with Crippen molar-refractivity contribution in [2.45, 2.75) is 6.92 Å². The van der Waals surface area contributed by atoms with Crippen LogP contribution in [-0.4, -0.2) is 0 Å². The van der Waals surface area contributed by atoms with Crippen LogP contribution in [0, 0.1) is 6.92 Å². The van der Waals surface area contributed by atoms with Gasteiger partial charge in [-0.1, -0.05) is 128 Å². The van der Waals surface area contributed by atoms with Crippen LogP contribution in [0.3, 0.4) is 0 Å². The lowest BCUT2D eigenvalue weighted by Gasteiger charge is -2.18. The molecule has 3 heteroatoms. The third kappa shape index (κ3) is 4.31. The summed E-state index contributed by atoms with van der Waals surface area (Å²) < 4.78 is 6.60. The van der Waals surface area contributed by atoms with E-state index in [2.05, 4.69) is 165 Å². The van der Waals surface area contributed by atoms with E-state index in [-0.39, 0.29) is 0 Å². The van der Waals surface area contributed by atoms with E-state index in [0.717, 1.165) is 0 Å². The van der Waals surface area contributed by atoms with Crippen molar-refractivity contribution in [2.24, 2.45) is 0 Å². The zero-order valence-electron chi connectivity index (χ0n) is 28.4. The van der Waals surface area contributed by atoms with Crippen molar-refractivity contribution in [1.82, 2.24) is 0 Å². The number of hydrogen-bond acceptors (Lipinski definition) is 3. The number of fused-ring (bicyclic) bond motifs is 9. The molecule has 0 radical (unpaired) electrons. The Balaban J connectivity index is 1.14. The normalized spacial score (nSPS) is 12.0. The summed E-state index contributed by atoms with van der Waals surface area (Å²) >= 11 is 5.64. The Kier molecular flexibility index (Phi) is 6.63. The van der Waals surface area contributed by atoms with E-state index in [1.54, 1.807) is 0 Å². The molecule has 0 N–H and O–H groups in total. The molecule has 0 saturated heterocycles. The molecule has 0 spiro atoms. The summed E-state index contributed by atoms with van der Waals surface area (Å²) in [5.41, 5.74) is 8.93. The molecule has 11 rings (SSSR count). The van der Waals surface area contributed by atoms with E-state index in [1.165, 1.54) is 116 Å². The van der Waals surface area contributed by atoms with Gasteiger partial charge in [0.25, 0.3) is 0 Å². The Morgan fingerprint density at radius 1 is 0.404 bits per heavy atom. The van der Waals surface area contributed by atoms with Gasteiger partial charge in [0.1, 0.15) is 0 Å². The third-order valence-electron chi connectivity index (χ3n) is 10.8. The zero-order chi connectivity index (χ0) is 34.5. The highest BCUT2D eigenvalue weighted by atomic mass is 32.1. The minimum Gasteiger partial charge on any atom is -0.140 e. The second kappa shape index (κ2) is 11.5. The molecule has 0 unspecified atom stereocenters. The highest BCUT2D eigenvalue weighted by Gasteiger charge is 2.20. The van der Waals surface area contributed by atoms with Crippen LogP contribution in [0.25, 0.3) is 111 Å². The number of rotatable bonds is 4. The first-order valence-electron chi connectivity index (χ1n) is 17.6. The molecule has 0 atom stereocenters. The fourth-order valence-electron chi connectivity index (χ4n) is 8.57. The minimum absolute atomic E-state index is 1.22. The van der Waals surface area contributed by atoms with Crippen molar-refractivity contribution >= 4 is 112 Å². The first-order valence-corrected chi connectivity index (χ1v) is 20.1. The standard InChI is InChI=1S/C49H30S3/c1-3-31-38(46-28(2)50-43-19-11-9-17-40(43)46)23-24-39-41-26-29(21-25-44(41)52-49(31)39)47-34-13-4-6-15-36(34)48(37-16-7-5-14-35(37)47)30-20-22-33-32-12-8-10-18-42(32)51-45(33)27-30/h3-27H,1H2,2H3. The Hall–Kier alpha value is -5.58. The van der Waals surface area contributed by atoms with Gasteiger partial charge >= 0.3 is 0 Å². The summed E-state index contributed by atoms with van der Waals surface area (Å²) in [5.74, 6) is 0. The zero-order valence-corrected chi connectivity index (χ0v) is 30.8. The maximum absolute atomic E-state index is 4.34. The van der Waals surface area contributed by atoms with E-state index >= 15 is 0 Å². The molecule has 8 aromatic carbocycles. The van der Waals surface area contributed by atoms with E-state index < -0.39 is 0 Å². The van der Waals surface area contributed by atoms with Crippen LogP contribution in [-0.2, 0) is 0 Å². The van der Waals surface area contributed by atoms with Gasteiger partial charge in [0.2, 0.25) is 0 Å². The second-order valence-electron chi connectivity index (χ2n) is 13.6. The molecule has 11 aromatic rings. The van der Waals surface area contributed by atoms with Gasteiger partial charge in [-0.15, -0.1) is 34.0 Å². The maximum atomic E-state index is 4.34. The monoisotopic (exact) mass is 714 g/mol. The van der Waals surface area contributed by atoms with Gasteiger partial charge in [-0.3, -0.25) is 0 Å². The molecule has 0 amide bonds. The number of thiophene rings is 3. The number of hydrogen-bond donors (Lipinski definition) is 0. The lowest BCUT2D eigenvalue weighted by atomic mass is 9.85. The Bertz CT molecular complexity index is 3220. The molecule has 0 saturated carbocycles. The van der Waals surface area contributed by atoms with Crippen molar-refractivity contribution in [3.8, 4) is 33.4 Å². The highest BCUT2D eigenvalue weighted by molar-refractivity contribution is 7.26. The summed E-state index contributed by atoms with van der Waals surface area (Å²) in [6, 6.07) is 54.3. The fraction of sp³-hybridized carbons (Fsp3) is 0.0204. The van der Waals surface area contributed by atoms with Crippen molar-refractivity contribution in [1.29, 1.82) is 0 Å². The maximum Gasteiger partial charge on any atom is 0.0433 e. The predicted molar refractivity (Wildman–Crippen MR) is 234 cm³/mol. The molecule has 3 aromatic heterocycles. The van der Waals surface area contributed by atoms with Crippen LogP contribution in [0.2, 0.25) is 0 Å². The molecule has 3 heterocycles. The SMILES string of the molecule is C=Cc1c(-c2c(C)sc3ccccc23)ccc2c1sc1ccc(-c3c4ccccc4c(-c4ccc5c(c4)sc4ccccc45)c4ccccc34)cc12. The second-order valence-corrected chi connectivity index (χ2v) is 17.0. The smallest absolute Gasteiger partial charge is 0.0433 e. The first-order chi connectivity index (χ1) is 25.7. The Morgan fingerprint density at radius 3 is 1.60 bits per heavy atom. The molecular formula is C49H30S3. The van der Waals surface area contributed by atoms with Gasteiger partial charge in [0.05, 0.1) is 0 Å². The molecule has 0 bridgehead atoms. The molecule has 52 heavy (non-hydrogen) atoms. The lowest BCUT2D eigenvalue weighted by molar-refractivity contribution is 1.61. The topological polar surface area (TPSA) is 0 Å². The minimum atomic E-state index is 1.22. The van der Waals surface area contributed by atoms with Gasteiger partial charge in [0, 0.05) is 60.9 Å². The van der Waals surface area contributed by atoms with Gasteiger partial charge in [0.15, 0.2) is 0 Å². The van der Waals surface area contributed by atoms with Crippen LogP contribution in [0.15, 0.2) is 152 Å². The Labute approximate surface area is 313 Å². The Morgan fingerprint density at radius 2 is 0.923 bits per heavy atom. The average molecular weight is 715 g/mol. The van der Waals surface area contributed by atoms with E-state index in [0.29, 0.717) is 0 Å². The third-order valence-corrected chi connectivity index (χ3v) is 14.3. The van der Waals surface area contributed by atoms with Crippen LogP contribution < -0.4 is 0 Å². The van der Waals surface area contributed by atoms with Gasteiger partial charge in [-0.2, -0.15) is 0 Å². The molecule has 0 aliphatic carbocycles. The van der Waals surface area contributed by atoms with Gasteiger partial charge in [-0.05, 0) is 92.2 Å². The molecule has 0 fully saturated rings. The van der Waals surface area contributed by atoms with Crippen LogP contribution in [0.4, 0.5) is 0 Å². The molecule has 0 aliphatic heterocycles. The van der Waals surface area contributed by atoms with Crippen molar-refractivity contribution in [2.75, 3.05) is 0 Å². The molecule has 0 aliphatic rings. The quantitative estimate of drug-likeness (QED) is 0.159.